The number of halogens is 3. The topological polar surface area (TPSA) is 42.0 Å². The molecule has 1 fully saturated rings. The lowest BCUT2D eigenvalue weighted by Crippen LogP contribution is -2.17. The van der Waals surface area contributed by atoms with Gasteiger partial charge in [0, 0.05) is 5.92 Å². The van der Waals surface area contributed by atoms with Crippen LogP contribution in [0.25, 0.3) is 0 Å². The SMILES string of the molecule is Cc1cc(NC(=O)C2CC2)nc(C(F)(F)F)c1. The lowest BCUT2D eigenvalue weighted by atomic mass is 10.2. The number of carbonyl (C=O) groups excluding carboxylic acids is 1. The fourth-order valence-corrected chi connectivity index (χ4v) is 1.45. The summed E-state index contributed by atoms with van der Waals surface area (Å²) >= 11 is 0. The van der Waals surface area contributed by atoms with E-state index in [9.17, 15) is 18.0 Å². The van der Waals surface area contributed by atoms with Crippen LogP contribution in [-0.4, -0.2) is 10.9 Å². The Balaban J connectivity index is 2.22. The smallest absolute Gasteiger partial charge is 0.310 e. The lowest BCUT2D eigenvalue weighted by Gasteiger charge is -2.10. The van der Waals surface area contributed by atoms with E-state index in [1.54, 1.807) is 0 Å². The molecule has 1 aromatic rings. The van der Waals surface area contributed by atoms with Gasteiger partial charge >= 0.3 is 6.18 Å². The van der Waals surface area contributed by atoms with E-state index in [4.69, 9.17) is 0 Å². The first-order valence-electron chi connectivity index (χ1n) is 5.23. The van der Waals surface area contributed by atoms with Crippen molar-refractivity contribution in [3.8, 4) is 0 Å². The first kappa shape index (κ1) is 11.9. The highest BCUT2D eigenvalue weighted by atomic mass is 19.4. The summed E-state index contributed by atoms with van der Waals surface area (Å²) in [7, 11) is 0. The van der Waals surface area contributed by atoms with Crippen molar-refractivity contribution < 1.29 is 18.0 Å². The summed E-state index contributed by atoms with van der Waals surface area (Å²) in [6, 6.07) is 2.38. The molecule has 0 radical (unpaired) electrons. The highest BCUT2D eigenvalue weighted by molar-refractivity contribution is 5.93. The minimum absolute atomic E-state index is 0.0331. The predicted molar refractivity (Wildman–Crippen MR) is 55.3 cm³/mol. The third-order valence-electron chi connectivity index (χ3n) is 2.46. The number of anilines is 1. The number of hydrogen-bond acceptors (Lipinski definition) is 2. The van der Waals surface area contributed by atoms with Crippen LogP contribution in [0.1, 0.15) is 24.1 Å². The zero-order chi connectivity index (χ0) is 12.6. The van der Waals surface area contributed by atoms with E-state index in [2.05, 4.69) is 10.3 Å². The van der Waals surface area contributed by atoms with Gasteiger partial charge in [-0.25, -0.2) is 4.98 Å². The van der Waals surface area contributed by atoms with Gasteiger partial charge in [-0.05, 0) is 37.5 Å². The zero-order valence-electron chi connectivity index (χ0n) is 9.14. The van der Waals surface area contributed by atoms with E-state index in [1.807, 2.05) is 0 Å². The summed E-state index contributed by atoms with van der Waals surface area (Å²) in [5.74, 6) is -0.350. The van der Waals surface area contributed by atoms with Crippen LogP contribution in [-0.2, 0) is 11.0 Å². The number of aromatic nitrogens is 1. The molecule has 1 heterocycles. The average Bonchev–Trinajstić information content (AvgIpc) is 2.97. The van der Waals surface area contributed by atoms with Gasteiger partial charge in [0.15, 0.2) is 0 Å². The quantitative estimate of drug-likeness (QED) is 0.869. The Morgan fingerprint density at radius 1 is 1.41 bits per heavy atom. The van der Waals surface area contributed by atoms with Crippen molar-refractivity contribution in [1.29, 1.82) is 0 Å². The highest BCUT2D eigenvalue weighted by Crippen LogP contribution is 2.31. The Kier molecular flexibility index (Phi) is 2.81. The normalized spacial score (nSPS) is 15.8. The van der Waals surface area contributed by atoms with Crippen molar-refractivity contribution in [2.75, 3.05) is 5.32 Å². The first-order chi connectivity index (χ1) is 7.86. The third kappa shape index (κ3) is 2.95. The van der Waals surface area contributed by atoms with Crippen molar-refractivity contribution in [2.45, 2.75) is 25.9 Å². The molecule has 0 aromatic carbocycles. The van der Waals surface area contributed by atoms with E-state index in [1.165, 1.54) is 13.0 Å². The number of alkyl halides is 3. The van der Waals surface area contributed by atoms with Crippen molar-refractivity contribution in [3.05, 3.63) is 23.4 Å². The second-order valence-corrected chi connectivity index (χ2v) is 4.18. The molecular formula is C11H11F3N2O. The van der Waals surface area contributed by atoms with Gasteiger partial charge in [-0.15, -0.1) is 0 Å². The van der Waals surface area contributed by atoms with Crippen LogP contribution in [0, 0.1) is 12.8 Å². The molecule has 0 aliphatic heterocycles. The second-order valence-electron chi connectivity index (χ2n) is 4.18. The minimum atomic E-state index is -4.49. The number of nitrogens with one attached hydrogen (secondary N) is 1. The van der Waals surface area contributed by atoms with Gasteiger partial charge in [-0.1, -0.05) is 0 Å². The van der Waals surface area contributed by atoms with Gasteiger partial charge in [0.2, 0.25) is 5.91 Å². The Bertz CT molecular complexity index is 453. The van der Waals surface area contributed by atoms with E-state index in [0.717, 1.165) is 18.9 Å². The van der Waals surface area contributed by atoms with E-state index in [-0.39, 0.29) is 17.6 Å². The Hall–Kier alpha value is -1.59. The number of hydrogen-bond donors (Lipinski definition) is 1. The van der Waals surface area contributed by atoms with E-state index in [0.29, 0.717) is 5.56 Å². The number of rotatable bonds is 2. The highest BCUT2D eigenvalue weighted by Gasteiger charge is 2.34. The molecular weight excluding hydrogens is 233 g/mol. The van der Waals surface area contributed by atoms with Gasteiger partial charge < -0.3 is 5.32 Å². The van der Waals surface area contributed by atoms with E-state index >= 15 is 0 Å². The maximum atomic E-state index is 12.5. The number of amides is 1. The summed E-state index contributed by atoms with van der Waals surface area (Å²) in [4.78, 5) is 14.8. The molecule has 17 heavy (non-hydrogen) atoms. The predicted octanol–water partition coefficient (Wildman–Crippen LogP) is 2.76. The first-order valence-corrected chi connectivity index (χ1v) is 5.23. The summed E-state index contributed by atoms with van der Waals surface area (Å²) in [5.41, 5.74) is -0.568. The number of carbonyl (C=O) groups is 1. The standard InChI is InChI=1S/C11H11F3N2O/c1-6-4-8(11(12,13)14)15-9(5-6)16-10(17)7-2-3-7/h4-5,7H,2-3H2,1H3,(H,15,16,17). The molecule has 1 saturated carbocycles. The average molecular weight is 244 g/mol. The van der Waals surface area contributed by atoms with Gasteiger partial charge in [0.25, 0.3) is 0 Å². The molecule has 1 N–H and O–H groups in total. The maximum absolute atomic E-state index is 12.5. The third-order valence-corrected chi connectivity index (χ3v) is 2.46. The van der Waals surface area contributed by atoms with Crippen LogP contribution >= 0.6 is 0 Å². The Morgan fingerprint density at radius 2 is 2.06 bits per heavy atom. The van der Waals surface area contributed by atoms with E-state index < -0.39 is 11.9 Å². The van der Waals surface area contributed by atoms with Crippen LogP contribution in [0.5, 0.6) is 0 Å². The molecule has 1 aromatic heterocycles. The number of nitrogens with zero attached hydrogens (tertiary/aromatic N) is 1. The zero-order valence-corrected chi connectivity index (χ0v) is 9.14. The maximum Gasteiger partial charge on any atom is 0.433 e. The summed E-state index contributed by atoms with van der Waals surface area (Å²) in [5, 5.41) is 2.41. The molecule has 3 nitrogen and oxygen atoms in total. The molecule has 1 aliphatic rings. The molecule has 0 bridgehead atoms. The van der Waals surface area contributed by atoms with Gasteiger partial charge in [0.1, 0.15) is 11.5 Å². The molecule has 1 aliphatic carbocycles. The second kappa shape index (κ2) is 4.01. The number of pyridine rings is 1. The molecule has 1 amide bonds. The molecule has 0 spiro atoms. The molecule has 0 atom stereocenters. The van der Waals surface area contributed by atoms with Crippen molar-refractivity contribution in [1.82, 2.24) is 4.98 Å². The number of aryl methyl sites for hydroxylation is 1. The fourth-order valence-electron chi connectivity index (χ4n) is 1.45. The van der Waals surface area contributed by atoms with Gasteiger partial charge in [-0.3, -0.25) is 4.79 Å². The summed E-state index contributed by atoms with van der Waals surface area (Å²) < 4.78 is 37.4. The lowest BCUT2D eigenvalue weighted by molar-refractivity contribution is -0.141. The van der Waals surface area contributed by atoms with Gasteiger partial charge in [0.05, 0.1) is 0 Å². The fraction of sp³-hybridized carbons (Fsp3) is 0.455. The Labute approximate surface area is 96.0 Å². The molecule has 0 saturated heterocycles. The van der Waals surface area contributed by atoms with Gasteiger partial charge in [-0.2, -0.15) is 13.2 Å². The van der Waals surface area contributed by atoms with Crippen LogP contribution in [0.4, 0.5) is 19.0 Å². The molecule has 6 heteroatoms. The van der Waals surface area contributed by atoms with Crippen LogP contribution in [0.15, 0.2) is 12.1 Å². The molecule has 2 rings (SSSR count). The van der Waals surface area contributed by atoms with Crippen LogP contribution in [0.2, 0.25) is 0 Å². The Morgan fingerprint density at radius 3 is 2.59 bits per heavy atom. The van der Waals surface area contributed by atoms with Crippen molar-refractivity contribution in [2.24, 2.45) is 5.92 Å². The van der Waals surface area contributed by atoms with Crippen molar-refractivity contribution in [3.63, 3.8) is 0 Å². The van der Waals surface area contributed by atoms with Crippen molar-refractivity contribution >= 4 is 11.7 Å². The molecule has 92 valence electrons. The summed E-state index contributed by atoms with van der Waals surface area (Å²) in [6.45, 7) is 1.53. The van der Waals surface area contributed by atoms with Crippen LogP contribution < -0.4 is 5.32 Å². The van der Waals surface area contributed by atoms with Crippen LogP contribution in [0.3, 0.4) is 0 Å². The monoisotopic (exact) mass is 244 g/mol. The summed E-state index contributed by atoms with van der Waals surface area (Å²) in [6.07, 6.45) is -2.90. The minimum Gasteiger partial charge on any atom is -0.310 e. The molecule has 0 unspecified atom stereocenters. The largest absolute Gasteiger partial charge is 0.433 e.